The molecular formula is C14H13N3O. The number of oxazole rings is 1. The highest BCUT2D eigenvalue weighted by atomic mass is 16.4. The lowest BCUT2D eigenvalue weighted by Gasteiger charge is -1.96. The van der Waals surface area contributed by atoms with Gasteiger partial charge in [0.2, 0.25) is 5.71 Å². The third-order valence-electron chi connectivity index (χ3n) is 2.78. The lowest BCUT2D eigenvalue weighted by atomic mass is 10.1. The predicted octanol–water partition coefficient (Wildman–Crippen LogP) is 2.59. The Balaban J connectivity index is 1.79. The second-order valence-corrected chi connectivity index (χ2v) is 4.19. The molecule has 2 N–H and O–H groups in total. The molecule has 18 heavy (non-hydrogen) atoms. The monoisotopic (exact) mass is 239 g/mol. The number of nitrogens with two attached hydrogens (primary N) is 1. The Labute approximate surface area is 104 Å². The fourth-order valence-electron chi connectivity index (χ4n) is 1.89. The van der Waals surface area contributed by atoms with E-state index in [9.17, 15) is 0 Å². The van der Waals surface area contributed by atoms with Crippen LogP contribution in [-0.2, 0) is 12.8 Å². The lowest BCUT2D eigenvalue weighted by Crippen LogP contribution is -1.90. The SMILES string of the molecule is Nc1cnc2oc(CCc3ccccc3)nc2c1. The zero-order chi connectivity index (χ0) is 12.4. The van der Waals surface area contributed by atoms with Crippen molar-refractivity contribution in [2.45, 2.75) is 12.8 Å². The van der Waals surface area contributed by atoms with Gasteiger partial charge in [-0.1, -0.05) is 30.3 Å². The van der Waals surface area contributed by atoms with E-state index in [1.807, 2.05) is 18.2 Å². The van der Waals surface area contributed by atoms with E-state index in [0.29, 0.717) is 17.3 Å². The summed E-state index contributed by atoms with van der Waals surface area (Å²) in [6.45, 7) is 0. The van der Waals surface area contributed by atoms with Gasteiger partial charge in [-0.3, -0.25) is 0 Å². The molecule has 3 aromatic rings. The molecule has 1 aromatic carbocycles. The first-order chi connectivity index (χ1) is 8.81. The summed E-state index contributed by atoms with van der Waals surface area (Å²) in [6.07, 6.45) is 3.25. The van der Waals surface area contributed by atoms with Gasteiger partial charge in [0.15, 0.2) is 5.89 Å². The summed E-state index contributed by atoms with van der Waals surface area (Å²) in [5.41, 5.74) is 8.80. The summed E-state index contributed by atoms with van der Waals surface area (Å²) in [5, 5.41) is 0. The second kappa shape index (κ2) is 4.49. The number of hydrogen-bond donors (Lipinski definition) is 1. The number of anilines is 1. The molecule has 4 nitrogen and oxygen atoms in total. The molecule has 3 rings (SSSR count). The highest BCUT2D eigenvalue weighted by Gasteiger charge is 2.07. The summed E-state index contributed by atoms with van der Waals surface area (Å²) >= 11 is 0. The Morgan fingerprint density at radius 1 is 1.11 bits per heavy atom. The quantitative estimate of drug-likeness (QED) is 0.763. The van der Waals surface area contributed by atoms with Crippen LogP contribution in [0.2, 0.25) is 0 Å². The highest BCUT2D eigenvalue weighted by Crippen LogP contribution is 2.16. The molecule has 90 valence electrons. The molecule has 0 unspecified atom stereocenters. The Bertz CT molecular complexity index is 661. The topological polar surface area (TPSA) is 64.9 Å². The Kier molecular flexibility index (Phi) is 2.68. The molecule has 0 aliphatic carbocycles. The molecule has 0 saturated carbocycles. The Morgan fingerprint density at radius 2 is 1.94 bits per heavy atom. The molecule has 0 aliphatic rings. The molecule has 2 heterocycles. The van der Waals surface area contributed by atoms with Gasteiger partial charge >= 0.3 is 0 Å². The van der Waals surface area contributed by atoms with E-state index < -0.39 is 0 Å². The first kappa shape index (κ1) is 10.8. The van der Waals surface area contributed by atoms with Crippen LogP contribution in [0.25, 0.3) is 11.2 Å². The molecule has 0 saturated heterocycles. The van der Waals surface area contributed by atoms with E-state index in [1.165, 1.54) is 5.56 Å². The average molecular weight is 239 g/mol. The van der Waals surface area contributed by atoms with Crippen LogP contribution >= 0.6 is 0 Å². The largest absolute Gasteiger partial charge is 0.422 e. The minimum absolute atomic E-state index is 0.548. The van der Waals surface area contributed by atoms with Gasteiger partial charge in [0.25, 0.3) is 0 Å². The van der Waals surface area contributed by atoms with E-state index in [-0.39, 0.29) is 0 Å². The van der Waals surface area contributed by atoms with Crippen LogP contribution in [0, 0.1) is 0 Å². The second-order valence-electron chi connectivity index (χ2n) is 4.19. The summed E-state index contributed by atoms with van der Waals surface area (Å²) in [6, 6.07) is 12.0. The third-order valence-corrected chi connectivity index (χ3v) is 2.78. The number of aryl methyl sites for hydroxylation is 2. The van der Waals surface area contributed by atoms with Gasteiger partial charge in [0, 0.05) is 6.42 Å². The van der Waals surface area contributed by atoms with Gasteiger partial charge in [-0.25, -0.2) is 9.97 Å². The van der Waals surface area contributed by atoms with E-state index in [4.69, 9.17) is 10.2 Å². The smallest absolute Gasteiger partial charge is 0.247 e. The van der Waals surface area contributed by atoms with Gasteiger partial charge < -0.3 is 10.2 Å². The molecule has 0 spiro atoms. The fraction of sp³-hybridized carbons (Fsp3) is 0.143. The minimum atomic E-state index is 0.548. The maximum Gasteiger partial charge on any atom is 0.247 e. The van der Waals surface area contributed by atoms with Crippen LogP contribution in [0.4, 0.5) is 5.69 Å². The van der Waals surface area contributed by atoms with Crippen molar-refractivity contribution < 1.29 is 4.42 Å². The van der Waals surface area contributed by atoms with E-state index in [2.05, 4.69) is 22.1 Å². The number of hydrogen-bond acceptors (Lipinski definition) is 4. The van der Waals surface area contributed by atoms with E-state index in [1.54, 1.807) is 12.3 Å². The van der Waals surface area contributed by atoms with E-state index >= 15 is 0 Å². The standard InChI is InChI=1S/C14H13N3O/c15-11-8-12-14(16-9-11)18-13(17-12)7-6-10-4-2-1-3-5-10/h1-5,8-9H,6-7,15H2. The van der Waals surface area contributed by atoms with Crippen molar-refractivity contribution in [3.8, 4) is 0 Å². The normalized spacial score (nSPS) is 10.9. The first-order valence-electron chi connectivity index (χ1n) is 5.86. The molecule has 0 aliphatic heterocycles. The van der Waals surface area contributed by atoms with Crippen molar-refractivity contribution in [1.29, 1.82) is 0 Å². The van der Waals surface area contributed by atoms with Crippen molar-refractivity contribution in [1.82, 2.24) is 9.97 Å². The van der Waals surface area contributed by atoms with Gasteiger partial charge in [0.05, 0.1) is 11.9 Å². The molecule has 2 aromatic heterocycles. The molecule has 4 heteroatoms. The predicted molar refractivity (Wildman–Crippen MR) is 70.1 cm³/mol. The van der Waals surface area contributed by atoms with Crippen LogP contribution in [0.1, 0.15) is 11.5 Å². The van der Waals surface area contributed by atoms with Crippen molar-refractivity contribution in [2.24, 2.45) is 0 Å². The molecule has 0 radical (unpaired) electrons. The van der Waals surface area contributed by atoms with Crippen molar-refractivity contribution in [2.75, 3.05) is 5.73 Å². The molecule has 0 fully saturated rings. The van der Waals surface area contributed by atoms with Crippen LogP contribution in [0.5, 0.6) is 0 Å². The summed E-state index contributed by atoms with van der Waals surface area (Å²) in [7, 11) is 0. The van der Waals surface area contributed by atoms with Crippen molar-refractivity contribution in [3.63, 3.8) is 0 Å². The summed E-state index contributed by atoms with van der Waals surface area (Å²) in [4.78, 5) is 8.48. The highest BCUT2D eigenvalue weighted by molar-refractivity contribution is 5.71. The first-order valence-corrected chi connectivity index (χ1v) is 5.86. The molecule has 0 amide bonds. The van der Waals surface area contributed by atoms with Crippen LogP contribution in [0.15, 0.2) is 47.0 Å². The third kappa shape index (κ3) is 2.18. The Morgan fingerprint density at radius 3 is 2.78 bits per heavy atom. The number of pyridine rings is 1. The van der Waals surface area contributed by atoms with Crippen LogP contribution in [-0.4, -0.2) is 9.97 Å². The lowest BCUT2D eigenvalue weighted by molar-refractivity contribution is 0.520. The number of nitrogens with zero attached hydrogens (tertiary/aromatic N) is 2. The number of fused-ring (bicyclic) bond motifs is 1. The maximum atomic E-state index is 5.65. The van der Waals surface area contributed by atoms with Crippen LogP contribution in [0.3, 0.4) is 0 Å². The number of rotatable bonds is 3. The fourth-order valence-corrected chi connectivity index (χ4v) is 1.89. The zero-order valence-corrected chi connectivity index (χ0v) is 9.84. The number of nitrogen functional groups attached to an aromatic ring is 1. The van der Waals surface area contributed by atoms with Gasteiger partial charge in [-0.15, -0.1) is 0 Å². The molecular weight excluding hydrogens is 226 g/mol. The van der Waals surface area contributed by atoms with Gasteiger partial charge in [0.1, 0.15) is 5.52 Å². The zero-order valence-electron chi connectivity index (χ0n) is 9.84. The minimum Gasteiger partial charge on any atom is -0.422 e. The number of aromatic nitrogens is 2. The molecule has 0 bridgehead atoms. The van der Waals surface area contributed by atoms with Crippen LogP contribution < -0.4 is 5.73 Å². The number of benzene rings is 1. The maximum absolute atomic E-state index is 5.65. The molecule has 0 atom stereocenters. The van der Waals surface area contributed by atoms with Gasteiger partial charge in [-0.05, 0) is 18.1 Å². The van der Waals surface area contributed by atoms with Crippen molar-refractivity contribution in [3.05, 3.63) is 54.0 Å². The van der Waals surface area contributed by atoms with E-state index in [0.717, 1.165) is 18.4 Å². The average Bonchev–Trinajstić information content (AvgIpc) is 2.79. The van der Waals surface area contributed by atoms with Crippen molar-refractivity contribution >= 4 is 16.9 Å². The van der Waals surface area contributed by atoms with Gasteiger partial charge in [-0.2, -0.15) is 0 Å². The summed E-state index contributed by atoms with van der Waals surface area (Å²) < 4.78 is 5.57. The summed E-state index contributed by atoms with van der Waals surface area (Å²) in [5.74, 6) is 0.701. The Hall–Kier alpha value is -2.36.